The minimum Gasteiger partial charge on any atom is -0.508 e. The largest absolute Gasteiger partial charge is 0.508 e. The minimum absolute atomic E-state index is 0.0304. The number of carbonyl (C=O) groups excluding carboxylic acids is 2. The van der Waals surface area contributed by atoms with Crippen molar-refractivity contribution in [1.82, 2.24) is 0 Å². The number of phenolic OH excluding ortho intramolecular Hbond substituents is 3. The standard InChI is InChI=1S/C29H18O7/c30-19-13-11-18(12-14-19)29-24(26(33)17-9-5-2-6-10-17)28(35)23-21(36-29)15-20(31)22(27(23)34)25(32)16-7-3-1-4-8-16/h1-15,30-31,34H. The number of aromatic hydroxyl groups is 3. The van der Waals surface area contributed by atoms with Gasteiger partial charge in [0.15, 0.2) is 0 Å². The van der Waals surface area contributed by atoms with Crippen LogP contribution in [0.4, 0.5) is 0 Å². The second-order valence-electron chi connectivity index (χ2n) is 8.06. The van der Waals surface area contributed by atoms with E-state index in [-0.39, 0.29) is 33.8 Å². The van der Waals surface area contributed by atoms with Crippen LogP contribution in [0.5, 0.6) is 17.2 Å². The molecular formula is C29H18O7. The van der Waals surface area contributed by atoms with E-state index < -0.39 is 39.4 Å². The lowest BCUT2D eigenvalue weighted by Crippen LogP contribution is -2.18. The van der Waals surface area contributed by atoms with Gasteiger partial charge in [-0.3, -0.25) is 14.4 Å². The first-order valence-electron chi connectivity index (χ1n) is 10.9. The molecule has 4 aromatic carbocycles. The van der Waals surface area contributed by atoms with Crippen molar-refractivity contribution in [2.75, 3.05) is 0 Å². The topological polar surface area (TPSA) is 125 Å². The van der Waals surface area contributed by atoms with E-state index in [1.165, 1.54) is 48.5 Å². The van der Waals surface area contributed by atoms with E-state index in [2.05, 4.69) is 0 Å². The molecule has 0 aliphatic rings. The van der Waals surface area contributed by atoms with Gasteiger partial charge in [-0.25, -0.2) is 0 Å². The summed E-state index contributed by atoms with van der Waals surface area (Å²) in [6.45, 7) is 0. The maximum Gasteiger partial charge on any atom is 0.208 e. The van der Waals surface area contributed by atoms with Crippen molar-refractivity contribution in [3.05, 3.63) is 123 Å². The molecule has 0 atom stereocenters. The molecule has 1 heterocycles. The van der Waals surface area contributed by atoms with Crippen LogP contribution < -0.4 is 5.43 Å². The molecule has 1 aromatic heterocycles. The summed E-state index contributed by atoms with van der Waals surface area (Å²) in [4.78, 5) is 40.3. The van der Waals surface area contributed by atoms with Crippen LogP contribution in [0.2, 0.25) is 0 Å². The number of carbonyl (C=O) groups is 2. The van der Waals surface area contributed by atoms with Crippen molar-refractivity contribution < 1.29 is 29.3 Å². The molecule has 36 heavy (non-hydrogen) atoms. The summed E-state index contributed by atoms with van der Waals surface area (Å²) in [6.07, 6.45) is 0. The van der Waals surface area contributed by atoms with E-state index >= 15 is 0 Å². The number of hydrogen-bond acceptors (Lipinski definition) is 7. The predicted octanol–water partition coefficient (Wildman–Crippen LogP) is 5.04. The highest BCUT2D eigenvalue weighted by molar-refractivity contribution is 6.17. The third kappa shape index (κ3) is 3.78. The minimum atomic E-state index is -0.868. The highest BCUT2D eigenvalue weighted by Crippen LogP contribution is 2.38. The van der Waals surface area contributed by atoms with E-state index in [1.807, 2.05) is 0 Å². The molecule has 0 aliphatic carbocycles. The first kappa shape index (κ1) is 22.6. The van der Waals surface area contributed by atoms with Crippen molar-refractivity contribution in [1.29, 1.82) is 0 Å². The highest BCUT2D eigenvalue weighted by atomic mass is 16.3. The third-order valence-corrected chi connectivity index (χ3v) is 5.79. The smallest absolute Gasteiger partial charge is 0.208 e. The summed E-state index contributed by atoms with van der Waals surface area (Å²) in [6, 6.07) is 22.8. The van der Waals surface area contributed by atoms with Crippen LogP contribution in [0.3, 0.4) is 0 Å². The Bertz CT molecular complexity index is 1680. The Morgan fingerprint density at radius 2 is 1.19 bits per heavy atom. The van der Waals surface area contributed by atoms with E-state index in [1.54, 1.807) is 36.4 Å². The molecule has 0 unspecified atom stereocenters. The van der Waals surface area contributed by atoms with Gasteiger partial charge < -0.3 is 19.7 Å². The zero-order valence-corrected chi connectivity index (χ0v) is 18.6. The van der Waals surface area contributed by atoms with Crippen LogP contribution in [0.25, 0.3) is 22.3 Å². The number of rotatable bonds is 5. The van der Waals surface area contributed by atoms with Crippen molar-refractivity contribution in [3.63, 3.8) is 0 Å². The fourth-order valence-electron chi connectivity index (χ4n) is 4.03. The third-order valence-electron chi connectivity index (χ3n) is 5.79. The van der Waals surface area contributed by atoms with Crippen molar-refractivity contribution >= 4 is 22.5 Å². The average molecular weight is 478 g/mol. The SMILES string of the molecule is O=C(c1ccccc1)c1c(O)cc2oc(-c3ccc(O)cc3)c(C(=O)c3ccccc3)c(=O)c2c1O. The van der Waals surface area contributed by atoms with Crippen LogP contribution in [-0.4, -0.2) is 26.9 Å². The van der Waals surface area contributed by atoms with Gasteiger partial charge in [-0.2, -0.15) is 0 Å². The molecule has 0 saturated heterocycles. The fraction of sp³-hybridized carbons (Fsp3) is 0. The molecule has 0 spiro atoms. The van der Waals surface area contributed by atoms with Gasteiger partial charge in [0.05, 0.1) is 0 Å². The first-order valence-corrected chi connectivity index (χ1v) is 10.9. The van der Waals surface area contributed by atoms with Gasteiger partial charge in [0.25, 0.3) is 0 Å². The zero-order valence-electron chi connectivity index (χ0n) is 18.6. The van der Waals surface area contributed by atoms with Crippen LogP contribution in [0.1, 0.15) is 31.8 Å². The Morgan fingerprint density at radius 3 is 1.75 bits per heavy atom. The molecule has 7 nitrogen and oxygen atoms in total. The first-order chi connectivity index (χ1) is 17.4. The molecule has 0 bridgehead atoms. The molecule has 7 heteroatoms. The summed E-state index contributed by atoms with van der Waals surface area (Å²) in [7, 11) is 0. The van der Waals surface area contributed by atoms with Gasteiger partial charge in [-0.15, -0.1) is 0 Å². The summed E-state index contributed by atoms with van der Waals surface area (Å²) in [5, 5.41) is 30.9. The quantitative estimate of drug-likeness (QED) is 0.302. The van der Waals surface area contributed by atoms with Crippen molar-refractivity contribution in [2.45, 2.75) is 0 Å². The number of fused-ring (bicyclic) bond motifs is 1. The second-order valence-corrected chi connectivity index (χ2v) is 8.06. The van der Waals surface area contributed by atoms with Gasteiger partial charge in [0.1, 0.15) is 45.1 Å². The molecule has 5 rings (SSSR count). The molecule has 0 aliphatic heterocycles. The number of ketones is 2. The number of phenols is 3. The van der Waals surface area contributed by atoms with Crippen LogP contribution in [-0.2, 0) is 0 Å². The van der Waals surface area contributed by atoms with Gasteiger partial charge in [0, 0.05) is 22.8 Å². The molecule has 5 aromatic rings. The molecular weight excluding hydrogens is 460 g/mol. The normalized spacial score (nSPS) is 10.9. The molecule has 0 fully saturated rings. The zero-order chi connectivity index (χ0) is 25.4. The lowest BCUT2D eigenvalue weighted by molar-refractivity contribution is 0.102. The molecule has 0 saturated carbocycles. The van der Waals surface area contributed by atoms with E-state index in [0.717, 1.165) is 6.07 Å². The summed E-state index contributed by atoms with van der Waals surface area (Å²) in [5.41, 5.74) is -1.21. The lowest BCUT2D eigenvalue weighted by atomic mass is 9.94. The van der Waals surface area contributed by atoms with Crippen molar-refractivity contribution in [2.24, 2.45) is 0 Å². The van der Waals surface area contributed by atoms with E-state index in [0.29, 0.717) is 5.56 Å². The Balaban J connectivity index is 1.83. The van der Waals surface area contributed by atoms with Gasteiger partial charge in [-0.1, -0.05) is 60.7 Å². The van der Waals surface area contributed by atoms with Crippen molar-refractivity contribution in [3.8, 4) is 28.6 Å². The summed E-state index contributed by atoms with van der Waals surface area (Å²) >= 11 is 0. The van der Waals surface area contributed by atoms with Crippen LogP contribution >= 0.6 is 0 Å². The van der Waals surface area contributed by atoms with Crippen LogP contribution in [0, 0.1) is 0 Å². The second kappa shape index (κ2) is 8.88. The van der Waals surface area contributed by atoms with Gasteiger partial charge in [-0.05, 0) is 24.3 Å². The van der Waals surface area contributed by atoms with Gasteiger partial charge in [0.2, 0.25) is 17.0 Å². The van der Waals surface area contributed by atoms with E-state index in [9.17, 15) is 29.7 Å². The molecule has 3 N–H and O–H groups in total. The number of benzene rings is 4. The predicted molar refractivity (Wildman–Crippen MR) is 133 cm³/mol. The monoisotopic (exact) mass is 478 g/mol. The lowest BCUT2D eigenvalue weighted by Gasteiger charge is -2.13. The van der Waals surface area contributed by atoms with Gasteiger partial charge >= 0.3 is 0 Å². The fourth-order valence-corrected chi connectivity index (χ4v) is 4.03. The Hall–Kier alpha value is -5.17. The number of hydrogen-bond donors (Lipinski definition) is 3. The Morgan fingerprint density at radius 1 is 0.667 bits per heavy atom. The molecule has 176 valence electrons. The molecule has 0 radical (unpaired) electrons. The maximum absolute atomic E-state index is 13.8. The Labute approximate surface area is 204 Å². The summed E-state index contributed by atoms with van der Waals surface area (Å²) < 4.78 is 5.91. The van der Waals surface area contributed by atoms with E-state index in [4.69, 9.17) is 4.42 Å². The highest BCUT2D eigenvalue weighted by Gasteiger charge is 2.29. The maximum atomic E-state index is 13.8. The summed E-state index contributed by atoms with van der Waals surface area (Å²) in [5.74, 6) is -2.87. The Kier molecular flexibility index (Phi) is 5.58. The van der Waals surface area contributed by atoms with Crippen LogP contribution in [0.15, 0.2) is 100 Å². The average Bonchev–Trinajstić information content (AvgIpc) is 2.89. The molecule has 0 amide bonds.